The van der Waals surface area contributed by atoms with Crippen LogP contribution in [0.15, 0.2) is 54.6 Å². The van der Waals surface area contributed by atoms with Crippen LogP contribution in [-0.4, -0.2) is 48.6 Å². The van der Waals surface area contributed by atoms with Crippen LogP contribution in [0.4, 0.5) is 0 Å². The molecule has 0 radical (unpaired) electrons. The fourth-order valence-electron chi connectivity index (χ4n) is 3.58. The summed E-state index contributed by atoms with van der Waals surface area (Å²) < 4.78 is 24.0. The fourth-order valence-corrected chi connectivity index (χ4v) is 3.58. The zero-order chi connectivity index (χ0) is 24.1. The molecule has 0 unspecified atom stereocenters. The van der Waals surface area contributed by atoms with Crippen LogP contribution in [-0.2, 0) is 11.3 Å². The summed E-state index contributed by atoms with van der Waals surface area (Å²) in [4.78, 5) is 29.0. The monoisotopic (exact) mass is 463 g/mol. The lowest BCUT2D eigenvalue weighted by Crippen LogP contribution is -2.31. The first-order valence-corrected chi connectivity index (χ1v) is 10.7. The number of ketones is 1. The zero-order valence-electron chi connectivity index (χ0n) is 19.2. The number of aromatic nitrogens is 2. The number of imidazole rings is 1. The number of nitrogens with zero attached hydrogens (tertiary/aromatic N) is 2. The number of carbonyl (C=O) groups is 2. The SMILES string of the molecule is COc1cccc(/C=C2\Oc3cc(OCC(=O)NCCn4ccnc4C)ccc3C2=O)c1OC. The van der Waals surface area contributed by atoms with Crippen LogP contribution in [0.5, 0.6) is 23.0 Å². The van der Waals surface area contributed by atoms with Crippen LogP contribution < -0.4 is 24.3 Å². The third-order valence-corrected chi connectivity index (χ3v) is 5.33. The van der Waals surface area contributed by atoms with E-state index in [1.807, 2.05) is 17.7 Å². The van der Waals surface area contributed by atoms with Crippen molar-refractivity contribution in [2.24, 2.45) is 0 Å². The third-order valence-electron chi connectivity index (χ3n) is 5.33. The predicted molar refractivity (Wildman–Crippen MR) is 124 cm³/mol. The lowest BCUT2D eigenvalue weighted by molar-refractivity contribution is -0.123. The number of methoxy groups -OCH3 is 2. The maximum absolute atomic E-state index is 12.8. The van der Waals surface area contributed by atoms with Gasteiger partial charge in [-0.2, -0.15) is 0 Å². The number of Topliss-reactive ketones (excluding diaryl/α,β-unsaturated/α-hetero) is 1. The van der Waals surface area contributed by atoms with E-state index in [9.17, 15) is 9.59 Å². The number of benzene rings is 2. The van der Waals surface area contributed by atoms with Gasteiger partial charge in [-0.15, -0.1) is 0 Å². The van der Waals surface area contributed by atoms with Gasteiger partial charge in [0.25, 0.3) is 5.91 Å². The normalized spacial score (nSPS) is 13.4. The van der Waals surface area contributed by atoms with Crippen molar-refractivity contribution in [3.05, 3.63) is 71.5 Å². The molecule has 1 N–H and O–H groups in total. The Morgan fingerprint density at radius 1 is 1.21 bits per heavy atom. The second-order valence-electron chi connectivity index (χ2n) is 7.49. The molecule has 0 aliphatic carbocycles. The molecule has 9 heteroatoms. The molecule has 0 saturated carbocycles. The van der Waals surface area contributed by atoms with Crippen molar-refractivity contribution in [3.8, 4) is 23.0 Å². The van der Waals surface area contributed by atoms with E-state index < -0.39 is 0 Å². The number of hydrogen-bond donors (Lipinski definition) is 1. The number of ether oxygens (including phenoxy) is 4. The summed E-state index contributed by atoms with van der Waals surface area (Å²) in [6.07, 6.45) is 5.19. The summed E-state index contributed by atoms with van der Waals surface area (Å²) >= 11 is 0. The number of hydrogen-bond acceptors (Lipinski definition) is 7. The molecule has 4 rings (SSSR count). The topological polar surface area (TPSA) is 101 Å². The second-order valence-corrected chi connectivity index (χ2v) is 7.49. The van der Waals surface area contributed by atoms with Crippen LogP contribution in [0, 0.1) is 6.92 Å². The summed E-state index contributed by atoms with van der Waals surface area (Å²) in [7, 11) is 3.08. The van der Waals surface area contributed by atoms with Gasteiger partial charge in [0.15, 0.2) is 23.9 Å². The summed E-state index contributed by atoms with van der Waals surface area (Å²) in [5.74, 6) is 2.39. The predicted octanol–water partition coefficient (Wildman–Crippen LogP) is 3.02. The highest BCUT2D eigenvalue weighted by Crippen LogP contribution is 2.37. The summed E-state index contributed by atoms with van der Waals surface area (Å²) in [6.45, 7) is 2.83. The van der Waals surface area contributed by atoms with E-state index in [0.29, 0.717) is 47.2 Å². The summed E-state index contributed by atoms with van der Waals surface area (Å²) in [6, 6.07) is 10.2. The van der Waals surface area contributed by atoms with Crippen LogP contribution in [0.2, 0.25) is 0 Å². The molecular weight excluding hydrogens is 438 g/mol. The maximum atomic E-state index is 12.8. The van der Waals surface area contributed by atoms with E-state index in [2.05, 4.69) is 10.3 Å². The average Bonchev–Trinajstić information content (AvgIpc) is 3.39. The highest BCUT2D eigenvalue weighted by molar-refractivity contribution is 6.14. The first-order valence-electron chi connectivity index (χ1n) is 10.7. The van der Waals surface area contributed by atoms with E-state index in [-0.39, 0.29) is 24.1 Å². The van der Waals surface area contributed by atoms with Gasteiger partial charge in [-0.05, 0) is 31.2 Å². The van der Waals surface area contributed by atoms with Gasteiger partial charge in [-0.1, -0.05) is 12.1 Å². The van der Waals surface area contributed by atoms with Crippen LogP contribution in [0.1, 0.15) is 21.7 Å². The van der Waals surface area contributed by atoms with E-state index in [1.54, 1.807) is 55.8 Å². The largest absolute Gasteiger partial charge is 0.493 e. The standard InChI is InChI=1S/C25H25N3O6/c1-16-26-9-11-28(16)12-10-27-23(29)15-33-18-7-8-19-21(14-18)34-22(24(19)30)13-17-5-4-6-20(31-2)25(17)32-3/h4-9,11,13-14H,10,12,15H2,1-3H3,(H,27,29)/b22-13-. The molecule has 0 fully saturated rings. The van der Waals surface area contributed by atoms with Gasteiger partial charge in [0, 0.05) is 37.1 Å². The molecule has 1 aromatic heterocycles. The Morgan fingerprint density at radius 2 is 2.06 bits per heavy atom. The molecule has 176 valence electrons. The first kappa shape index (κ1) is 22.9. The molecule has 34 heavy (non-hydrogen) atoms. The number of carbonyl (C=O) groups excluding carboxylic acids is 2. The van der Waals surface area contributed by atoms with Crippen molar-refractivity contribution in [3.63, 3.8) is 0 Å². The van der Waals surface area contributed by atoms with E-state index >= 15 is 0 Å². The number of fused-ring (bicyclic) bond motifs is 1. The number of allylic oxidation sites excluding steroid dienone is 1. The third kappa shape index (κ3) is 4.88. The number of para-hydroxylation sites is 1. The lowest BCUT2D eigenvalue weighted by atomic mass is 10.1. The van der Waals surface area contributed by atoms with Crippen LogP contribution in [0.25, 0.3) is 6.08 Å². The quantitative estimate of drug-likeness (QED) is 0.487. The Hall–Kier alpha value is -4.27. The molecule has 0 bridgehead atoms. The molecule has 9 nitrogen and oxygen atoms in total. The molecule has 2 heterocycles. The van der Waals surface area contributed by atoms with Crippen molar-refractivity contribution in [1.82, 2.24) is 14.9 Å². The smallest absolute Gasteiger partial charge is 0.258 e. The Labute approximate surface area is 196 Å². The van der Waals surface area contributed by atoms with Crippen molar-refractivity contribution < 1.29 is 28.5 Å². The van der Waals surface area contributed by atoms with Crippen molar-refractivity contribution in [2.45, 2.75) is 13.5 Å². The van der Waals surface area contributed by atoms with Crippen molar-refractivity contribution in [1.29, 1.82) is 0 Å². The van der Waals surface area contributed by atoms with Crippen LogP contribution >= 0.6 is 0 Å². The molecule has 1 amide bonds. The first-order chi connectivity index (χ1) is 16.5. The number of aryl methyl sites for hydroxylation is 1. The van der Waals surface area contributed by atoms with Gasteiger partial charge in [0.2, 0.25) is 5.78 Å². The highest BCUT2D eigenvalue weighted by Gasteiger charge is 2.28. The lowest BCUT2D eigenvalue weighted by Gasteiger charge is -2.10. The van der Waals surface area contributed by atoms with Gasteiger partial charge in [-0.3, -0.25) is 9.59 Å². The van der Waals surface area contributed by atoms with Gasteiger partial charge in [-0.25, -0.2) is 4.98 Å². The van der Waals surface area contributed by atoms with Crippen LogP contribution in [0.3, 0.4) is 0 Å². The minimum Gasteiger partial charge on any atom is -0.493 e. The van der Waals surface area contributed by atoms with Gasteiger partial charge < -0.3 is 28.8 Å². The number of nitrogens with one attached hydrogen (secondary N) is 1. The molecule has 3 aromatic rings. The minimum absolute atomic E-state index is 0.153. The van der Waals surface area contributed by atoms with E-state index in [0.717, 1.165) is 5.82 Å². The Kier molecular flexibility index (Phi) is 6.82. The molecule has 2 aromatic carbocycles. The van der Waals surface area contributed by atoms with Gasteiger partial charge in [0.05, 0.1) is 19.8 Å². The number of rotatable bonds is 9. The average molecular weight is 463 g/mol. The van der Waals surface area contributed by atoms with Gasteiger partial charge in [0.1, 0.15) is 17.3 Å². The van der Waals surface area contributed by atoms with Gasteiger partial charge >= 0.3 is 0 Å². The highest BCUT2D eigenvalue weighted by atomic mass is 16.5. The molecule has 1 aliphatic rings. The minimum atomic E-state index is -0.251. The molecule has 0 atom stereocenters. The van der Waals surface area contributed by atoms with E-state index in [1.165, 1.54) is 7.11 Å². The number of amides is 1. The Bertz CT molecular complexity index is 1250. The molecular formula is C25H25N3O6. The Balaban J connectivity index is 1.37. The molecule has 0 saturated heterocycles. The van der Waals surface area contributed by atoms with Crippen molar-refractivity contribution in [2.75, 3.05) is 27.4 Å². The summed E-state index contributed by atoms with van der Waals surface area (Å²) in [5.41, 5.74) is 1.07. The zero-order valence-corrected chi connectivity index (χ0v) is 19.2. The summed E-state index contributed by atoms with van der Waals surface area (Å²) in [5, 5.41) is 2.80. The second kappa shape index (κ2) is 10.1. The molecule has 0 spiro atoms. The van der Waals surface area contributed by atoms with E-state index in [4.69, 9.17) is 18.9 Å². The fraction of sp³-hybridized carbons (Fsp3) is 0.240. The Morgan fingerprint density at radius 3 is 2.79 bits per heavy atom. The maximum Gasteiger partial charge on any atom is 0.258 e. The van der Waals surface area contributed by atoms with Crippen molar-refractivity contribution >= 4 is 17.8 Å². The molecule has 1 aliphatic heterocycles.